The number of Topliss-reactive ketones (excluding diaryl/α,β-unsaturated/α-hetero) is 1. The Labute approximate surface area is 195 Å². The fraction of sp³-hybridized carbons (Fsp3) is 0.360. The van der Waals surface area contributed by atoms with E-state index in [4.69, 9.17) is 9.15 Å². The number of carbonyl (C=O) groups excluding carboxylic acids is 1. The molecule has 2 aromatic carbocycles. The molecule has 0 atom stereocenters. The van der Waals surface area contributed by atoms with Gasteiger partial charge in [0.1, 0.15) is 11.3 Å². The number of rotatable bonds is 7. The third-order valence-electron chi connectivity index (χ3n) is 5.88. The van der Waals surface area contributed by atoms with Crippen molar-refractivity contribution in [1.29, 1.82) is 0 Å². The third kappa shape index (κ3) is 4.89. The van der Waals surface area contributed by atoms with E-state index in [0.29, 0.717) is 23.5 Å². The van der Waals surface area contributed by atoms with Crippen molar-refractivity contribution in [1.82, 2.24) is 4.90 Å². The number of benzene rings is 2. The fourth-order valence-corrected chi connectivity index (χ4v) is 4.75. The summed E-state index contributed by atoms with van der Waals surface area (Å²) >= 11 is 3.64. The van der Waals surface area contributed by atoms with Gasteiger partial charge in [-0.2, -0.15) is 0 Å². The molecule has 0 unspecified atom stereocenters. The molecule has 0 amide bonds. The zero-order valence-electron chi connectivity index (χ0n) is 18.4. The van der Waals surface area contributed by atoms with Crippen LogP contribution in [0.25, 0.3) is 11.0 Å². The second-order valence-corrected chi connectivity index (χ2v) is 8.96. The summed E-state index contributed by atoms with van der Waals surface area (Å²) in [5.74, 6) is 0.292. The number of carbonyl (C=O) groups is 1. The molecule has 32 heavy (non-hydrogen) atoms. The van der Waals surface area contributed by atoms with E-state index in [2.05, 4.69) is 43.9 Å². The number of ketones is 1. The minimum Gasteiger partial charge on any atom is -0.493 e. The van der Waals surface area contributed by atoms with Crippen LogP contribution in [0, 0.1) is 6.92 Å². The molecular formula is C25H27BrN2O4. The van der Waals surface area contributed by atoms with Crippen LogP contribution in [0.15, 0.2) is 56.1 Å². The summed E-state index contributed by atoms with van der Waals surface area (Å²) in [6, 6.07) is 13.4. The molecular weight excluding hydrogens is 472 g/mol. The van der Waals surface area contributed by atoms with Gasteiger partial charge in [-0.05, 0) is 66.0 Å². The largest absolute Gasteiger partial charge is 0.493 e. The minimum atomic E-state index is -0.462. The number of para-hydroxylation sites is 1. The maximum atomic E-state index is 12.3. The van der Waals surface area contributed by atoms with Crippen molar-refractivity contribution >= 4 is 38.4 Å². The van der Waals surface area contributed by atoms with Gasteiger partial charge in [-0.15, -0.1) is 0 Å². The van der Waals surface area contributed by atoms with E-state index < -0.39 is 5.63 Å². The number of nitrogens with zero attached hydrogens (tertiary/aromatic N) is 2. The van der Waals surface area contributed by atoms with Gasteiger partial charge in [-0.25, -0.2) is 4.79 Å². The number of hydrogen-bond donors (Lipinski definition) is 0. The Morgan fingerprint density at radius 2 is 1.88 bits per heavy atom. The number of aryl methyl sites for hydroxylation is 1. The lowest BCUT2D eigenvalue weighted by atomic mass is 10.0. The van der Waals surface area contributed by atoms with Crippen LogP contribution in [0.5, 0.6) is 5.75 Å². The van der Waals surface area contributed by atoms with Gasteiger partial charge in [0.2, 0.25) is 0 Å². The first-order valence-electron chi connectivity index (χ1n) is 10.9. The number of hydrogen-bond acceptors (Lipinski definition) is 6. The van der Waals surface area contributed by atoms with Crippen molar-refractivity contribution in [3.8, 4) is 5.75 Å². The predicted molar refractivity (Wildman–Crippen MR) is 130 cm³/mol. The van der Waals surface area contributed by atoms with Gasteiger partial charge in [0.25, 0.3) is 0 Å². The van der Waals surface area contributed by atoms with E-state index in [9.17, 15) is 9.59 Å². The van der Waals surface area contributed by atoms with Gasteiger partial charge in [0.05, 0.1) is 12.3 Å². The Bertz CT molecular complexity index is 1180. The Hall–Kier alpha value is -2.64. The van der Waals surface area contributed by atoms with Crippen LogP contribution in [-0.4, -0.2) is 50.0 Å². The quantitative estimate of drug-likeness (QED) is 0.268. The number of ether oxygens (including phenoxy) is 1. The van der Waals surface area contributed by atoms with E-state index >= 15 is 0 Å². The van der Waals surface area contributed by atoms with Gasteiger partial charge in [-0.3, -0.25) is 9.69 Å². The summed E-state index contributed by atoms with van der Waals surface area (Å²) in [5.41, 5.74) is 2.21. The lowest BCUT2D eigenvalue weighted by Crippen LogP contribution is -2.46. The number of fused-ring (bicyclic) bond motifs is 1. The molecule has 0 N–H and O–H groups in total. The summed E-state index contributed by atoms with van der Waals surface area (Å²) in [6.07, 6.45) is 0.849. The van der Waals surface area contributed by atoms with Gasteiger partial charge in [0, 0.05) is 48.6 Å². The zero-order chi connectivity index (χ0) is 22.7. The monoisotopic (exact) mass is 498 g/mol. The average molecular weight is 499 g/mol. The van der Waals surface area contributed by atoms with E-state index in [1.165, 1.54) is 18.7 Å². The molecule has 1 aliphatic heterocycles. The summed E-state index contributed by atoms with van der Waals surface area (Å²) in [4.78, 5) is 29.0. The molecule has 1 aliphatic rings. The van der Waals surface area contributed by atoms with Crippen molar-refractivity contribution in [2.45, 2.75) is 20.3 Å². The first-order chi connectivity index (χ1) is 15.4. The van der Waals surface area contributed by atoms with Crippen LogP contribution >= 0.6 is 15.9 Å². The Balaban J connectivity index is 1.34. The van der Waals surface area contributed by atoms with Crippen LogP contribution in [0.4, 0.5) is 5.69 Å². The Morgan fingerprint density at radius 3 is 2.59 bits per heavy atom. The van der Waals surface area contributed by atoms with Crippen LogP contribution in [-0.2, 0) is 0 Å². The highest BCUT2D eigenvalue weighted by Gasteiger charge is 2.19. The van der Waals surface area contributed by atoms with Crippen LogP contribution in [0.2, 0.25) is 0 Å². The number of piperazine rings is 1. The molecule has 168 valence electrons. The molecule has 6 nitrogen and oxygen atoms in total. The van der Waals surface area contributed by atoms with Crippen LogP contribution < -0.4 is 15.3 Å². The standard InChI is InChI=1S/C25H27BrN2O4/c1-17-16-23(30)32-25-19(17)8-9-22(24(25)18(2)29)31-15-5-10-27-11-13-28(14-12-27)21-7-4-3-6-20(21)26/h3-4,6-9,16H,5,10-15H2,1-2H3. The van der Waals surface area contributed by atoms with Crippen molar-refractivity contribution in [2.24, 2.45) is 0 Å². The van der Waals surface area contributed by atoms with E-state index in [0.717, 1.165) is 54.6 Å². The molecule has 1 aromatic heterocycles. The summed E-state index contributed by atoms with van der Waals surface area (Å²) < 4.78 is 12.4. The smallest absolute Gasteiger partial charge is 0.336 e. The van der Waals surface area contributed by atoms with Gasteiger partial charge >= 0.3 is 5.63 Å². The highest BCUT2D eigenvalue weighted by molar-refractivity contribution is 9.10. The topological polar surface area (TPSA) is 63.0 Å². The maximum absolute atomic E-state index is 12.3. The average Bonchev–Trinajstić information content (AvgIpc) is 2.77. The van der Waals surface area contributed by atoms with E-state index in [1.54, 1.807) is 6.07 Å². The molecule has 0 spiro atoms. The SMILES string of the molecule is CC(=O)c1c(OCCCN2CCN(c3ccccc3Br)CC2)ccc2c(C)cc(=O)oc12. The molecule has 0 saturated carbocycles. The van der Waals surface area contributed by atoms with Gasteiger partial charge in [0.15, 0.2) is 11.4 Å². The Morgan fingerprint density at radius 1 is 1.12 bits per heavy atom. The van der Waals surface area contributed by atoms with Crippen molar-refractivity contribution in [2.75, 3.05) is 44.2 Å². The van der Waals surface area contributed by atoms with Crippen LogP contribution in [0.3, 0.4) is 0 Å². The molecule has 7 heteroatoms. The van der Waals surface area contributed by atoms with E-state index in [1.807, 2.05) is 19.1 Å². The number of anilines is 1. The third-order valence-corrected chi connectivity index (χ3v) is 6.55. The minimum absolute atomic E-state index is 0.178. The maximum Gasteiger partial charge on any atom is 0.336 e. The first kappa shape index (κ1) is 22.6. The summed E-state index contributed by atoms with van der Waals surface area (Å²) in [6.45, 7) is 8.70. The molecule has 3 aromatic rings. The molecule has 1 fully saturated rings. The normalized spacial score (nSPS) is 14.7. The molecule has 0 aliphatic carbocycles. The Kier molecular flexibility index (Phi) is 6.96. The molecule has 4 rings (SSSR count). The second-order valence-electron chi connectivity index (χ2n) is 8.10. The van der Waals surface area contributed by atoms with Crippen molar-refractivity contribution < 1.29 is 13.9 Å². The molecule has 2 heterocycles. The molecule has 0 radical (unpaired) electrons. The van der Waals surface area contributed by atoms with Gasteiger partial charge < -0.3 is 14.1 Å². The van der Waals surface area contributed by atoms with Crippen LogP contribution in [0.1, 0.15) is 29.3 Å². The molecule has 1 saturated heterocycles. The van der Waals surface area contributed by atoms with Crippen molar-refractivity contribution in [3.05, 3.63) is 68.5 Å². The van der Waals surface area contributed by atoms with Crippen molar-refractivity contribution in [3.63, 3.8) is 0 Å². The second kappa shape index (κ2) is 9.88. The number of halogens is 1. The fourth-order valence-electron chi connectivity index (χ4n) is 4.21. The predicted octanol–water partition coefficient (Wildman–Crippen LogP) is 4.66. The summed E-state index contributed by atoms with van der Waals surface area (Å²) in [7, 11) is 0. The van der Waals surface area contributed by atoms with Gasteiger partial charge in [-0.1, -0.05) is 12.1 Å². The van der Waals surface area contributed by atoms with E-state index in [-0.39, 0.29) is 5.78 Å². The lowest BCUT2D eigenvalue weighted by molar-refractivity contribution is 0.101. The zero-order valence-corrected chi connectivity index (χ0v) is 20.0. The highest BCUT2D eigenvalue weighted by atomic mass is 79.9. The lowest BCUT2D eigenvalue weighted by Gasteiger charge is -2.36. The first-order valence-corrected chi connectivity index (χ1v) is 11.7. The summed E-state index contributed by atoms with van der Waals surface area (Å²) in [5, 5.41) is 0.755. The highest BCUT2D eigenvalue weighted by Crippen LogP contribution is 2.30. The molecule has 0 bridgehead atoms.